The third-order valence-electron chi connectivity index (χ3n) is 3.11. The van der Waals surface area contributed by atoms with Crippen LogP contribution in [0.15, 0.2) is 12.3 Å². The molecule has 0 saturated carbocycles. The smallest absolute Gasteiger partial charge is 0.253 e. The number of piperidine rings is 1. The van der Waals surface area contributed by atoms with Gasteiger partial charge in [-0.05, 0) is 39.0 Å². The van der Waals surface area contributed by atoms with Crippen molar-refractivity contribution in [1.29, 1.82) is 0 Å². The van der Waals surface area contributed by atoms with E-state index >= 15 is 0 Å². The van der Waals surface area contributed by atoms with E-state index in [1.165, 1.54) is 6.20 Å². The van der Waals surface area contributed by atoms with Gasteiger partial charge in [-0.25, -0.2) is 4.98 Å². The van der Waals surface area contributed by atoms with E-state index in [-0.39, 0.29) is 17.1 Å². The standard InChI is InChI=1S/C12H15Cl2N3O/c1-17-4-2-9(3-5-17)16-12(18)8-6-10(13)11(14)15-7-8/h6-7,9H,2-5H2,1H3,(H,16,18). The molecule has 2 heterocycles. The quantitative estimate of drug-likeness (QED) is 0.849. The van der Waals surface area contributed by atoms with E-state index in [9.17, 15) is 4.79 Å². The Morgan fingerprint density at radius 2 is 2.11 bits per heavy atom. The summed E-state index contributed by atoms with van der Waals surface area (Å²) < 4.78 is 0. The van der Waals surface area contributed by atoms with Crippen molar-refractivity contribution in [3.63, 3.8) is 0 Å². The molecule has 0 aromatic carbocycles. The monoisotopic (exact) mass is 287 g/mol. The molecule has 98 valence electrons. The summed E-state index contributed by atoms with van der Waals surface area (Å²) in [6.07, 6.45) is 3.38. The van der Waals surface area contributed by atoms with Crippen LogP contribution in [0.2, 0.25) is 10.2 Å². The zero-order chi connectivity index (χ0) is 13.1. The van der Waals surface area contributed by atoms with E-state index in [1.54, 1.807) is 6.07 Å². The minimum absolute atomic E-state index is 0.143. The molecule has 0 aliphatic carbocycles. The maximum atomic E-state index is 12.0. The molecule has 4 nitrogen and oxygen atoms in total. The molecule has 1 fully saturated rings. The van der Waals surface area contributed by atoms with Crippen molar-refractivity contribution < 1.29 is 4.79 Å². The fourth-order valence-electron chi connectivity index (χ4n) is 1.97. The van der Waals surface area contributed by atoms with E-state index in [1.807, 2.05) is 0 Å². The van der Waals surface area contributed by atoms with Crippen LogP contribution in [0.25, 0.3) is 0 Å². The van der Waals surface area contributed by atoms with Crippen molar-refractivity contribution in [1.82, 2.24) is 15.2 Å². The van der Waals surface area contributed by atoms with Gasteiger partial charge >= 0.3 is 0 Å². The number of hydrogen-bond acceptors (Lipinski definition) is 3. The van der Waals surface area contributed by atoms with Crippen molar-refractivity contribution >= 4 is 29.1 Å². The Kier molecular flexibility index (Phi) is 4.43. The van der Waals surface area contributed by atoms with Gasteiger partial charge in [0, 0.05) is 12.2 Å². The van der Waals surface area contributed by atoms with Gasteiger partial charge in [-0.3, -0.25) is 4.79 Å². The highest BCUT2D eigenvalue weighted by Crippen LogP contribution is 2.20. The molecule has 0 radical (unpaired) electrons. The van der Waals surface area contributed by atoms with Crippen LogP contribution in [0.3, 0.4) is 0 Å². The molecular formula is C12H15Cl2N3O. The molecule has 1 N–H and O–H groups in total. The van der Waals surface area contributed by atoms with Crippen LogP contribution in [0, 0.1) is 0 Å². The van der Waals surface area contributed by atoms with Crippen LogP contribution in [0.4, 0.5) is 0 Å². The lowest BCUT2D eigenvalue weighted by atomic mass is 10.1. The molecule has 0 unspecified atom stereocenters. The number of nitrogens with one attached hydrogen (secondary N) is 1. The van der Waals surface area contributed by atoms with Crippen molar-refractivity contribution in [2.75, 3.05) is 20.1 Å². The molecule has 1 amide bonds. The topological polar surface area (TPSA) is 45.2 Å². The van der Waals surface area contributed by atoms with Crippen molar-refractivity contribution in [2.24, 2.45) is 0 Å². The molecule has 1 aromatic heterocycles. The van der Waals surface area contributed by atoms with Crippen LogP contribution in [0.1, 0.15) is 23.2 Å². The van der Waals surface area contributed by atoms with Crippen LogP contribution in [-0.4, -0.2) is 42.0 Å². The zero-order valence-electron chi connectivity index (χ0n) is 10.1. The fraction of sp³-hybridized carbons (Fsp3) is 0.500. The number of likely N-dealkylation sites (tertiary alicyclic amines) is 1. The number of pyridine rings is 1. The number of nitrogens with zero attached hydrogens (tertiary/aromatic N) is 2. The summed E-state index contributed by atoms with van der Waals surface area (Å²) in [6, 6.07) is 1.77. The second-order valence-electron chi connectivity index (χ2n) is 4.55. The summed E-state index contributed by atoms with van der Waals surface area (Å²) in [6.45, 7) is 2.01. The Morgan fingerprint density at radius 1 is 1.44 bits per heavy atom. The lowest BCUT2D eigenvalue weighted by molar-refractivity contribution is 0.0916. The number of rotatable bonds is 2. The first-order valence-electron chi connectivity index (χ1n) is 5.86. The van der Waals surface area contributed by atoms with E-state index in [4.69, 9.17) is 23.2 Å². The predicted octanol–water partition coefficient (Wildman–Crippen LogP) is 2.21. The highest BCUT2D eigenvalue weighted by atomic mass is 35.5. The number of hydrogen-bond donors (Lipinski definition) is 1. The summed E-state index contributed by atoms with van der Waals surface area (Å²) in [4.78, 5) is 18.1. The largest absolute Gasteiger partial charge is 0.349 e. The second-order valence-corrected chi connectivity index (χ2v) is 5.31. The summed E-state index contributed by atoms with van der Waals surface area (Å²) in [5, 5.41) is 3.51. The first kappa shape index (κ1) is 13.6. The lowest BCUT2D eigenvalue weighted by Crippen LogP contribution is -2.43. The van der Waals surface area contributed by atoms with Gasteiger partial charge in [0.15, 0.2) is 0 Å². The molecule has 1 saturated heterocycles. The summed E-state index contributed by atoms with van der Waals surface area (Å²) in [7, 11) is 2.08. The van der Waals surface area contributed by atoms with Gasteiger partial charge in [0.25, 0.3) is 5.91 Å². The summed E-state index contributed by atoms with van der Waals surface area (Å²) in [5.74, 6) is -0.143. The average molecular weight is 288 g/mol. The first-order valence-corrected chi connectivity index (χ1v) is 6.62. The molecule has 1 aliphatic rings. The Balaban J connectivity index is 1.97. The molecule has 1 aliphatic heterocycles. The van der Waals surface area contributed by atoms with Gasteiger partial charge in [0.2, 0.25) is 0 Å². The fourth-order valence-corrected chi connectivity index (χ4v) is 2.24. The maximum absolute atomic E-state index is 12.0. The number of aromatic nitrogens is 1. The summed E-state index contributed by atoms with van der Waals surface area (Å²) >= 11 is 11.6. The second kappa shape index (κ2) is 5.87. The Bertz CT molecular complexity index is 445. The van der Waals surface area contributed by atoms with E-state index < -0.39 is 0 Å². The van der Waals surface area contributed by atoms with Gasteiger partial charge in [-0.15, -0.1) is 0 Å². The third kappa shape index (κ3) is 3.34. The minimum Gasteiger partial charge on any atom is -0.349 e. The highest BCUT2D eigenvalue weighted by molar-refractivity contribution is 6.41. The Labute approximate surface area is 116 Å². The molecule has 1 aromatic rings. The third-order valence-corrected chi connectivity index (χ3v) is 3.80. The van der Waals surface area contributed by atoms with Gasteiger partial charge < -0.3 is 10.2 Å². The predicted molar refractivity (Wildman–Crippen MR) is 72.2 cm³/mol. The molecule has 0 atom stereocenters. The van der Waals surface area contributed by atoms with Gasteiger partial charge in [0.1, 0.15) is 5.15 Å². The van der Waals surface area contributed by atoms with Gasteiger partial charge in [-0.1, -0.05) is 23.2 Å². The van der Waals surface area contributed by atoms with Crippen LogP contribution in [-0.2, 0) is 0 Å². The van der Waals surface area contributed by atoms with Crippen molar-refractivity contribution in [2.45, 2.75) is 18.9 Å². The molecule has 18 heavy (non-hydrogen) atoms. The van der Waals surface area contributed by atoms with Crippen molar-refractivity contribution in [3.8, 4) is 0 Å². The zero-order valence-corrected chi connectivity index (χ0v) is 11.6. The van der Waals surface area contributed by atoms with Crippen LogP contribution < -0.4 is 5.32 Å². The van der Waals surface area contributed by atoms with E-state index in [2.05, 4.69) is 22.2 Å². The number of carbonyl (C=O) groups is 1. The summed E-state index contributed by atoms with van der Waals surface area (Å²) in [5.41, 5.74) is 0.448. The molecule has 2 rings (SSSR count). The Morgan fingerprint density at radius 3 is 2.72 bits per heavy atom. The average Bonchev–Trinajstić information content (AvgIpc) is 2.35. The molecule has 6 heteroatoms. The SMILES string of the molecule is CN1CCC(NC(=O)c2cnc(Cl)c(Cl)c2)CC1. The normalized spacial score (nSPS) is 17.7. The minimum atomic E-state index is -0.143. The molecule has 0 spiro atoms. The maximum Gasteiger partial charge on any atom is 0.253 e. The van der Waals surface area contributed by atoms with Crippen LogP contribution >= 0.6 is 23.2 Å². The first-order chi connectivity index (χ1) is 8.56. The van der Waals surface area contributed by atoms with E-state index in [0.717, 1.165) is 25.9 Å². The molecule has 0 bridgehead atoms. The Hall–Kier alpha value is -0.840. The highest BCUT2D eigenvalue weighted by Gasteiger charge is 2.19. The number of amides is 1. The molecular weight excluding hydrogens is 273 g/mol. The van der Waals surface area contributed by atoms with Crippen LogP contribution in [0.5, 0.6) is 0 Å². The number of carbonyl (C=O) groups excluding carboxylic acids is 1. The van der Waals surface area contributed by atoms with Gasteiger partial charge in [0.05, 0.1) is 10.6 Å². The lowest BCUT2D eigenvalue weighted by Gasteiger charge is -2.29. The van der Waals surface area contributed by atoms with Crippen molar-refractivity contribution in [3.05, 3.63) is 28.0 Å². The number of halogens is 2. The van der Waals surface area contributed by atoms with Gasteiger partial charge in [-0.2, -0.15) is 0 Å². The van der Waals surface area contributed by atoms with E-state index in [0.29, 0.717) is 10.6 Å².